The Morgan fingerprint density at radius 2 is 1.85 bits per heavy atom. The molecule has 172 valence electrons. The normalized spacial score (nSPS) is 11.5. The number of carbonyl (C=O) groups is 1. The highest BCUT2D eigenvalue weighted by Crippen LogP contribution is 2.30. The van der Waals surface area contributed by atoms with E-state index in [-0.39, 0.29) is 23.8 Å². The zero-order chi connectivity index (χ0) is 23.9. The number of benzene rings is 1. The first kappa shape index (κ1) is 22.5. The van der Waals surface area contributed by atoms with Crippen LogP contribution in [0.4, 0.5) is 5.69 Å². The van der Waals surface area contributed by atoms with Crippen LogP contribution >= 0.6 is 0 Å². The molecule has 1 amide bonds. The number of aryl methyl sites for hydroxylation is 3. The minimum Gasteiger partial charge on any atom is -0.488 e. The minimum absolute atomic E-state index is 0.0579. The van der Waals surface area contributed by atoms with Crippen LogP contribution in [0.1, 0.15) is 55.4 Å². The van der Waals surface area contributed by atoms with Gasteiger partial charge in [0.15, 0.2) is 11.6 Å². The van der Waals surface area contributed by atoms with Gasteiger partial charge in [-0.3, -0.25) is 9.20 Å². The highest BCUT2D eigenvalue weighted by Gasteiger charge is 2.27. The molecule has 3 heterocycles. The number of ether oxygens (including phenoxy) is 1. The van der Waals surface area contributed by atoms with E-state index in [1.165, 1.54) is 0 Å². The Hall–Kier alpha value is -3.68. The molecule has 0 aliphatic heterocycles. The third kappa shape index (κ3) is 4.46. The number of amides is 1. The van der Waals surface area contributed by atoms with E-state index < -0.39 is 0 Å². The summed E-state index contributed by atoms with van der Waals surface area (Å²) in [5, 5.41) is 0. The van der Waals surface area contributed by atoms with E-state index in [1.807, 2.05) is 69.6 Å². The molecular formula is C25H29N5O3. The maximum absolute atomic E-state index is 13.4. The monoisotopic (exact) mass is 447 g/mol. The zero-order valence-corrected chi connectivity index (χ0v) is 20.1. The largest absolute Gasteiger partial charge is 0.488 e. The molecule has 0 saturated carbocycles. The molecule has 0 bridgehead atoms. The number of nitrogens with zero attached hydrogens (tertiary/aromatic N) is 5. The van der Waals surface area contributed by atoms with Crippen molar-refractivity contribution in [2.45, 2.75) is 60.6 Å². The maximum Gasteiger partial charge on any atom is 0.296 e. The highest BCUT2D eigenvalue weighted by atomic mass is 16.5. The van der Waals surface area contributed by atoms with Crippen molar-refractivity contribution >= 4 is 17.4 Å². The fourth-order valence-electron chi connectivity index (χ4n) is 3.85. The second-order valence-electron chi connectivity index (χ2n) is 8.71. The predicted molar refractivity (Wildman–Crippen MR) is 127 cm³/mol. The van der Waals surface area contributed by atoms with Gasteiger partial charge in [-0.05, 0) is 59.2 Å². The summed E-state index contributed by atoms with van der Waals surface area (Å²) in [5.41, 5.74) is 4.09. The van der Waals surface area contributed by atoms with Crippen LogP contribution in [0.25, 0.3) is 17.0 Å². The molecule has 33 heavy (non-hydrogen) atoms. The number of hydrogen-bond donors (Lipinski definition) is 0. The number of aromatic nitrogens is 4. The van der Waals surface area contributed by atoms with Gasteiger partial charge in [0.05, 0.1) is 29.9 Å². The number of oxazole rings is 1. The van der Waals surface area contributed by atoms with Gasteiger partial charge in [-0.1, -0.05) is 6.07 Å². The molecular weight excluding hydrogens is 418 g/mol. The smallest absolute Gasteiger partial charge is 0.296 e. The van der Waals surface area contributed by atoms with Crippen molar-refractivity contribution < 1.29 is 13.9 Å². The molecule has 0 saturated heterocycles. The van der Waals surface area contributed by atoms with Crippen LogP contribution in [0.3, 0.4) is 0 Å². The summed E-state index contributed by atoms with van der Waals surface area (Å²) < 4.78 is 13.2. The van der Waals surface area contributed by atoms with Crippen molar-refractivity contribution in [2.75, 3.05) is 4.90 Å². The van der Waals surface area contributed by atoms with E-state index in [2.05, 4.69) is 9.97 Å². The van der Waals surface area contributed by atoms with E-state index in [0.717, 1.165) is 22.5 Å². The molecule has 0 aliphatic rings. The zero-order valence-electron chi connectivity index (χ0n) is 20.1. The Labute approximate surface area is 193 Å². The van der Waals surface area contributed by atoms with Crippen LogP contribution in [-0.2, 0) is 0 Å². The molecule has 0 N–H and O–H groups in total. The van der Waals surface area contributed by atoms with Crippen LogP contribution in [0.5, 0.6) is 5.75 Å². The summed E-state index contributed by atoms with van der Waals surface area (Å²) in [7, 11) is 0. The van der Waals surface area contributed by atoms with Crippen LogP contribution < -0.4 is 9.64 Å². The van der Waals surface area contributed by atoms with Gasteiger partial charge < -0.3 is 14.1 Å². The first-order valence-electron chi connectivity index (χ1n) is 11.0. The Balaban J connectivity index is 1.75. The number of carbonyl (C=O) groups excluding carboxylic acids is 1. The van der Waals surface area contributed by atoms with Crippen molar-refractivity contribution in [2.24, 2.45) is 0 Å². The summed E-state index contributed by atoms with van der Waals surface area (Å²) in [5.74, 6) is 1.78. The van der Waals surface area contributed by atoms with Crippen LogP contribution in [0, 0.1) is 20.8 Å². The molecule has 8 nitrogen and oxygen atoms in total. The third-order valence-corrected chi connectivity index (χ3v) is 5.27. The third-order valence-electron chi connectivity index (χ3n) is 5.27. The van der Waals surface area contributed by atoms with E-state index >= 15 is 0 Å². The van der Waals surface area contributed by atoms with Gasteiger partial charge in [-0.25, -0.2) is 15.0 Å². The Kier molecular flexibility index (Phi) is 5.93. The van der Waals surface area contributed by atoms with Gasteiger partial charge in [0.2, 0.25) is 11.5 Å². The molecule has 4 rings (SSSR count). The lowest BCUT2D eigenvalue weighted by atomic mass is 10.0. The predicted octanol–water partition coefficient (Wildman–Crippen LogP) is 5.15. The molecule has 4 aromatic rings. The van der Waals surface area contributed by atoms with Crippen molar-refractivity contribution in [3.05, 3.63) is 59.7 Å². The topological polar surface area (TPSA) is 85.8 Å². The summed E-state index contributed by atoms with van der Waals surface area (Å²) in [4.78, 5) is 28.5. The average molecular weight is 448 g/mol. The van der Waals surface area contributed by atoms with Gasteiger partial charge in [0.25, 0.3) is 5.91 Å². The standard InChI is InChI=1S/C25H29N5O3/c1-14(2)30(24(31)23-17(6)27-18(7)33-23)19-9-8-16(5)21(10-19)22-13-29-12-20(32-15(3)4)11-26-25(29)28-22/h8-15H,1-7H3. The molecule has 3 aromatic heterocycles. The average Bonchev–Trinajstić information content (AvgIpc) is 3.30. The number of rotatable bonds is 6. The fourth-order valence-corrected chi connectivity index (χ4v) is 3.85. The Bertz CT molecular complexity index is 1320. The minimum atomic E-state index is -0.218. The molecule has 8 heteroatoms. The molecule has 0 fully saturated rings. The summed E-state index contributed by atoms with van der Waals surface area (Å²) in [6, 6.07) is 5.84. The lowest BCUT2D eigenvalue weighted by Gasteiger charge is -2.27. The summed E-state index contributed by atoms with van der Waals surface area (Å²) in [6.07, 6.45) is 5.53. The molecule has 0 atom stereocenters. The van der Waals surface area contributed by atoms with Crippen LogP contribution in [0.15, 0.2) is 41.2 Å². The number of imidazole rings is 1. The maximum atomic E-state index is 13.4. The second kappa shape index (κ2) is 8.69. The summed E-state index contributed by atoms with van der Waals surface area (Å²) >= 11 is 0. The number of hydrogen-bond acceptors (Lipinski definition) is 6. The van der Waals surface area contributed by atoms with Crippen molar-refractivity contribution in [3.8, 4) is 17.0 Å². The Morgan fingerprint density at radius 1 is 1.09 bits per heavy atom. The molecule has 1 aromatic carbocycles. The number of fused-ring (bicyclic) bond motifs is 1. The molecule has 0 radical (unpaired) electrons. The first-order valence-corrected chi connectivity index (χ1v) is 11.0. The fraction of sp³-hybridized carbons (Fsp3) is 0.360. The van der Waals surface area contributed by atoms with E-state index in [4.69, 9.17) is 14.1 Å². The molecule has 0 unspecified atom stereocenters. The van der Waals surface area contributed by atoms with Gasteiger partial charge in [0, 0.05) is 30.4 Å². The van der Waals surface area contributed by atoms with E-state index in [1.54, 1.807) is 24.9 Å². The first-order chi connectivity index (χ1) is 15.6. The second-order valence-corrected chi connectivity index (χ2v) is 8.71. The van der Waals surface area contributed by atoms with Gasteiger partial charge in [-0.15, -0.1) is 0 Å². The van der Waals surface area contributed by atoms with E-state index in [0.29, 0.717) is 23.1 Å². The Morgan fingerprint density at radius 3 is 2.48 bits per heavy atom. The molecule has 0 spiro atoms. The lowest BCUT2D eigenvalue weighted by Crippen LogP contribution is -2.37. The van der Waals surface area contributed by atoms with E-state index in [9.17, 15) is 4.79 Å². The summed E-state index contributed by atoms with van der Waals surface area (Å²) in [6.45, 7) is 13.4. The van der Waals surface area contributed by atoms with Crippen molar-refractivity contribution in [1.29, 1.82) is 0 Å². The van der Waals surface area contributed by atoms with Crippen molar-refractivity contribution in [3.63, 3.8) is 0 Å². The van der Waals surface area contributed by atoms with Crippen molar-refractivity contribution in [1.82, 2.24) is 19.4 Å². The van der Waals surface area contributed by atoms with Crippen LogP contribution in [0.2, 0.25) is 0 Å². The highest BCUT2D eigenvalue weighted by molar-refractivity contribution is 6.05. The van der Waals surface area contributed by atoms with Gasteiger partial charge in [0.1, 0.15) is 0 Å². The van der Waals surface area contributed by atoms with Crippen LogP contribution in [-0.4, -0.2) is 37.4 Å². The number of anilines is 1. The molecule has 0 aliphatic carbocycles. The van der Waals surface area contributed by atoms with Gasteiger partial charge >= 0.3 is 0 Å². The lowest BCUT2D eigenvalue weighted by molar-refractivity contribution is 0.0951. The van der Waals surface area contributed by atoms with Gasteiger partial charge in [-0.2, -0.15) is 0 Å². The quantitative estimate of drug-likeness (QED) is 0.406. The SMILES string of the molecule is Cc1nc(C)c(C(=O)N(c2ccc(C)c(-c3cn4cc(OC(C)C)cnc4n3)c2)C(C)C)o1.